The lowest BCUT2D eigenvalue weighted by molar-refractivity contribution is -0.140. The number of hydrogen-bond acceptors (Lipinski definition) is 5. The molecule has 0 aliphatic carbocycles. The minimum atomic E-state index is -0.386. The molecule has 5 nitrogen and oxygen atoms in total. The highest BCUT2D eigenvalue weighted by atomic mass is 35.5. The van der Waals surface area contributed by atoms with Crippen LogP contribution in [0.4, 0.5) is 5.82 Å². The molecule has 1 aromatic rings. The lowest BCUT2D eigenvalue weighted by Gasteiger charge is -2.05. The number of carbonyl (C=O) groups excluding carboxylic acids is 1. The minimum absolute atomic E-state index is 0.00789. The van der Waals surface area contributed by atoms with Crippen molar-refractivity contribution >= 4 is 23.4 Å². The SMILES string of the molecule is CCOC(=O)CNc1cc(C#N)cc(Cl)n1. The summed E-state index contributed by atoms with van der Waals surface area (Å²) < 4.78 is 4.72. The van der Waals surface area contributed by atoms with Gasteiger partial charge in [0.05, 0.1) is 18.2 Å². The van der Waals surface area contributed by atoms with Crippen LogP contribution in [0.2, 0.25) is 5.15 Å². The Labute approximate surface area is 98.0 Å². The Bertz CT molecular complexity index is 429. The van der Waals surface area contributed by atoms with Crippen molar-refractivity contribution in [3.63, 3.8) is 0 Å². The van der Waals surface area contributed by atoms with Crippen molar-refractivity contribution in [3.8, 4) is 6.07 Å². The van der Waals surface area contributed by atoms with Crippen LogP contribution in [0.5, 0.6) is 0 Å². The summed E-state index contributed by atoms with van der Waals surface area (Å²) >= 11 is 5.69. The Morgan fingerprint density at radius 3 is 3.06 bits per heavy atom. The standard InChI is InChI=1S/C10H10ClN3O2/c1-2-16-10(15)6-13-9-4-7(5-12)3-8(11)14-9/h3-4H,2,6H2,1H3,(H,13,14). The summed E-state index contributed by atoms with van der Waals surface area (Å²) in [6.07, 6.45) is 0. The van der Waals surface area contributed by atoms with Gasteiger partial charge in [-0.2, -0.15) is 5.26 Å². The van der Waals surface area contributed by atoms with Crippen LogP contribution in [-0.2, 0) is 9.53 Å². The molecule has 0 amide bonds. The van der Waals surface area contributed by atoms with Crippen molar-refractivity contribution in [2.75, 3.05) is 18.5 Å². The third kappa shape index (κ3) is 3.75. The molecule has 0 spiro atoms. The van der Waals surface area contributed by atoms with E-state index in [1.165, 1.54) is 12.1 Å². The van der Waals surface area contributed by atoms with Crippen LogP contribution in [-0.4, -0.2) is 24.1 Å². The molecule has 0 aromatic carbocycles. The van der Waals surface area contributed by atoms with Crippen molar-refractivity contribution < 1.29 is 9.53 Å². The van der Waals surface area contributed by atoms with Crippen LogP contribution >= 0.6 is 11.6 Å². The van der Waals surface area contributed by atoms with E-state index in [0.29, 0.717) is 18.0 Å². The number of pyridine rings is 1. The number of anilines is 1. The lowest BCUT2D eigenvalue weighted by atomic mass is 10.3. The Kier molecular flexibility index (Phi) is 4.55. The lowest BCUT2D eigenvalue weighted by Crippen LogP contribution is -2.17. The van der Waals surface area contributed by atoms with Crippen molar-refractivity contribution in [2.45, 2.75) is 6.92 Å². The first kappa shape index (κ1) is 12.3. The van der Waals surface area contributed by atoms with Gasteiger partial charge in [0.1, 0.15) is 17.5 Å². The number of rotatable bonds is 4. The summed E-state index contributed by atoms with van der Waals surface area (Å²) in [6.45, 7) is 2.04. The van der Waals surface area contributed by atoms with Crippen molar-refractivity contribution in [1.29, 1.82) is 5.26 Å². The van der Waals surface area contributed by atoms with E-state index >= 15 is 0 Å². The van der Waals surface area contributed by atoms with E-state index in [4.69, 9.17) is 21.6 Å². The molecule has 0 saturated carbocycles. The fourth-order valence-corrected chi connectivity index (χ4v) is 1.24. The molecule has 1 N–H and O–H groups in total. The maximum absolute atomic E-state index is 11.0. The van der Waals surface area contributed by atoms with Gasteiger partial charge in [-0.1, -0.05) is 11.6 Å². The van der Waals surface area contributed by atoms with E-state index in [9.17, 15) is 4.79 Å². The highest BCUT2D eigenvalue weighted by Crippen LogP contribution is 2.13. The predicted octanol–water partition coefficient (Wildman–Crippen LogP) is 1.58. The van der Waals surface area contributed by atoms with Gasteiger partial charge < -0.3 is 10.1 Å². The van der Waals surface area contributed by atoms with Gasteiger partial charge in [0.15, 0.2) is 0 Å². The second kappa shape index (κ2) is 5.93. The molecule has 0 radical (unpaired) electrons. The average molecular weight is 240 g/mol. The maximum Gasteiger partial charge on any atom is 0.325 e. The van der Waals surface area contributed by atoms with Crippen molar-refractivity contribution in [2.24, 2.45) is 0 Å². The van der Waals surface area contributed by atoms with E-state index in [0.717, 1.165) is 0 Å². The van der Waals surface area contributed by atoms with Gasteiger partial charge in [0, 0.05) is 0 Å². The summed E-state index contributed by atoms with van der Waals surface area (Å²) in [5.41, 5.74) is 0.381. The van der Waals surface area contributed by atoms with E-state index < -0.39 is 0 Å². The Hall–Kier alpha value is -1.80. The molecule has 1 heterocycles. The van der Waals surface area contributed by atoms with Crippen LogP contribution in [0, 0.1) is 11.3 Å². The van der Waals surface area contributed by atoms with Gasteiger partial charge in [0.2, 0.25) is 0 Å². The van der Waals surface area contributed by atoms with Gasteiger partial charge in [-0.3, -0.25) is 4.79 Å². The molecular weight excluding hydrogens is 230 g/mol. The van der Waals surface area contributed by atoms with Crippen molar-refractivity contribution in [3.05, 3.63) is 22.8 Å². The molecular formula is C10H10ClN3O2. The third-order valence-electron chi connectivity index (χ3n) is 1.64. The zero-order valence-electron chi connectivity index (χ0n) is 8.66. The summed E-state index contributed by atoms with van der Waals surface area (Å²) in [4.78, 5) is 15.0. The summed E-state index contributed by atoms with van der Waals surface area (Å²) in [5, 5.41) is 11.6. The van der Waals surface area contributed by atoms with Crippen LogP contribution in [0.25, 0.3) is 0 Å². The molecule has 0 fully saturated rings. The molecule has 0 unspecified atom stereocenters. The number of nitrogens with zero attached hydrogens (tertiary/aromatic N) is 2. The largest absolute Gasteiger partial charge is 0.465 e. The first-order valence-corrected chi connectivity index (χ1v) is 5.00. The molecule has 6 heteroatoms. The molecule has 0 aliphatic rings. The Morgan fingerprint density at radius 1 is 1.69 bits per heavy atom. The van der Waals surface area contributed by atoms with Crippen LogP contribution in [0.3, 0.4) is 0 Å². The maximum atomic E-state index is 11.0. The first-order chi connectivity index (χ1) is 7.65. The smallest absolute Gasteiger partial charge is 0.325 e. The molecule has 0 saturated heterocycles. The topological polar surface area (TPSA) is 75.0 Å². The number of nitriles is 1. The van der Waals surface area contributed by atoms with Crippen molar-refractivity contribution in [1.82, 2.24) is 4.98 Å². The molecule has 0 atom stereocenters. The monoisotopic (exact) mass is 239 g/mol. The zero-order chi connectivity index (χ0) is 12.0. The Balaban J connectivity index is 2.64. The van der Waals surface area contributed by atoms with E-state index in [-0.39, 0.29) is 17.7 Å². The number of aromatic nitrogens is 1. The zero-order valence-corrected chi connectivity index (χ0v) is 9.41. The number of ether oxygens (including phenoxy) is 1. The second-order valence-corrected chi connectivity index (χ2v) is 3.22. The number of hydrogen-bond donors (Lipinski definition) is 1. The van der Waals surface area contributed by atoms with Gasteiger partial charge in [-0.05, 0) is 19.1 Å². The molecule has 84 valence electrons. The van der Waals surface area contributed by atoms with Crippen LogP contribution < -0.4 is 5.32 Å². The molecule has 1 aromatic heterocycles. The minimum Gasteiger partial charge on any atom is -0.465 e. The quantitative estimate of drug-likeness (QED) is 0.638. The summed E-state index contributed by atoms with van der Waals surface area (Å²) in [5.74, 6) is -0.0140. The molecule has 0 aliphatic heterocycles. The normalized spacial score (nSPS) is 9.31. The van der Waals surface area contributed by atoms with E-state index in [2.05, 4.69) is 10.3 Å². The summed E-state index contributed by atoms with van der Waals surface area (Å²) in [7, 11) is 0. The highest BCUT2D eigenvalue weighted by Gasteiger charge is 2.04. The predicted molar refractivity (Wildman–Crippen MR) is 59.1 cm³/mol. The highest BCUT2D eigenvalue weighted by molar-refractivity contribution is 6.29. The van der Waals surface area contributed by atoms with Gasteiger partial charge in [-0.25, -0.2) is 4.98 Å². The van der Waals surface area contributed by atoms with Crippen LogP contribution in [0.15, 0.2) is 12.1 Å². The van der Waals surface area contributed by atoms with E-state index in [1.807, 2.05) is 6.07 Å². The average Bonchev–Trinajstić information content (AvgIpc) is 2.26. The van der Waals surface area contributed by atoms with Gasteiger partial charge in [0.25, 0.3) is 0 Å². The van der Waals surface area contributed by atoms with Gasteiger partial charge in [-0.15, -0.1) is 0 Å². The number of halogens is 1. The number of esters is 1. The second-order valence-electron chi connectivity index (χ2n) is 2.83. The molecule has 16 heavy (non-hydrogen) atoms. The van der Waals surface area contributed by atoms with E-state index in [1.54, 1.807) is 6.92 Å². The molecule has 0 bridgehead atoms. The van der Waals surface area contributed by atoms with Crippen LogP contribution in [0.1, 0.15) is 12.5 Å². The molecule has 1 rings (SSSR count). The fourth-order valence-electron chi connectivity index (χ4n) is 1.03. The Morgan fingerprint density at radius 2 is 2.44 bits per heavy atom. The third-order valence-corrected chi connectivity index (χ3v) is 1.84. The van der Waals surface area contributed by atoms with Gasteiger partial charge >= 0.3 is 5.97 Å². The first-order valence-electron chi connectivity index (χ1n) is 4.63. The number of nitrogens with one attached hydrogen (secondary N) is 1. The fraction of sp³-hybridized carbons (Fsp3) is 0.300. The summed E-state index contributed by atoms with van der Waals surface area (Å²) in [6, 6.07) is 4.89. The number of carbonyl (C=O) groups is 1.